The van der Waals surface area contributed by atoms with Crippen LogP contribution in [-0.2, 0) is 6.54 Å². The summed E-state index contributed by atoms with van der Waals surface area (Å²) >= 11 is 1.89. The predicted octanol–water partition coefficient (Wildman–Crippen LogP) is 8.07. The Hall–Kier alpha value is -1.48. The zero-order valence-electron chi connectivity index (χ0n) is 19.5. The molecule has 162 valence electrons. The van der Waals surface area contributed by atoms with Crippen LogP contribution in [0.15, 0.2) is 41.4 Å². The van der Waals surface area contributed by atoms with Gasteiger partial charge in [0.05, 0.1) is 0 Å². The molecule has 30 heavy (non-hydrogen) atoms. The van der Waals surface area contributed by atoms with Gasteiger partial charge in [-0.1, -0.05) is 52.8 Å². The summed E-state index contributed by atoms with van der Waals surface area (Å²) in [6, 6.07) is 8.85. The molecular formula is C27H36FNS. The van der Waals surface area contributed by atoms with Crippen LogP contribution in [0.3, 0.4) is 0 Å². The van der Waals surface area contributed by atoms with E-state index in [2.05, 4.69) is 76.6 Å². The molecule has 2 fully saturated rings. The highest BCUT2D eigenvalue weighted by atomic mass is 32.2. The third kappa shape index (κ3) is 3.47. The third-order valence-corrected chi connectivity index (χ3v) is 9.16. The molecule has 0 spiro atoms. The van der Waals surface area contributed by atoms with Crippen molar-refractivity contribution in [2.45, 2.75) is 77.5 Å². The topological polar surface area (TPSA) is 4.93 Å². The first-order valence-corrected chi connectivity index (χ1v) is 12.3. The smallest absolute Gasteiger partial charge is 0.128 e. The number of fused-ring (bicyclic) bond motifs is 1. The summed E-state index contributed by atoms with van der Waals surface area (Å²) in [7, 11) is 0. The van der Waals surface area contributed by atoms with E-state index < -0.39 is 0 Å². The fourth-order valence-electron chi connectivity index (χ4n) is 6.18. The first-order chi connectivity index (χ1) is 14.2. The number of nitrogens with zero attached hydrogens (tertiary/aromatic N) is 1. The highest BCUT2D eigenvalue weighted by molar-refractivity contribution is 7.99. The van der Waals surface area contributed by atoms with Gasteiger partial charge in [0.2, 0.25) is 0 Å². The van der Waals surface area contributed by atoms with Crippen LogP contribution < -0.4 is 0 Å². The second-order valence-electron chi connectivity index (χ2n) is 10.0. The number of hydrogen-bond donors (Lipinski definition) is 0. The SMILES string of the molecule is C/C=C(/F)c1c([C@@H]2CC(C)C3(C)C(C)C23)cn(Cc2ccc(SC(C)C)cc2)c1C. The van der Waals surface area contributed by atoms with Crippen LogP contribution in [0.5, 0.6) is 0 Å². The van der Waals surface area contributed by atoms with Gasteiger partial charge in [-0.05, 0) is 72.6 Å². The van der Waals surface area contributed by atoms with Crippen molar-refractivity contribution in [1.29, 1.82) is 0 Å². The monoisotopic (exact) mass is 425 g/mol. The summed E-state index contributed by atoms with van der Waals surface area (Å²) in [5.74, 6) is 2.55. The molecule has 1 aromatic carbocycles. The largest absolute Gasteiger partial charge is 0.346 e. The molecule has 2 saturated carbocycles. The van der Waals surface area contributed by atoms with E-state index in [1.807, 2.05) is 18.7 Å². The Morgan fingerprint density at radius 2 is 1.93 bits per heavy atom. The van der Waals surface area contributed by atoms with E-state index in [4.69, 9.17) is 0 Å². The molecule has 0 radical (unpaired) electrons. The lowest BCUT2D eigenvalue weighted by Crippen LogP contribution is -2.08. The molecule has 0 amide bonds. The second kappa shape index (κ2) is 7.89. The molecule has 1 aromatic heterocycles. The van der Waals surface area contributed by atoms with Gasteiger partial charge < -0.3 is 4.57 Å². The van der Waals surface area contributed by atoms with Gasteiger partial charge in [0.1, 0.15) is 5.83 Å². The normalized spacial score (nSPS) is 30.8. The lowest BCUT2D eigenvalue weighted by Gasteiger charge is -2.18. The van der Waals surface area contributed by atoms with Crippen LogP contribution in [0.1, 0.15) is 76.3 Å². The van der Waals surface area contributed by atoms with E-state index in [9.17, 15) is 0 Å². The van der Waals surface area contributed by atoms with Crippen molar-refractivity contribution in [3.8, 4) is 0 Å². The van der Waals surface area contributed by atoms with E-state index in [1.54, 1.807) is 6.08 Å². The number of benzene rings is 1. The van der Waals surface area contributed by atoms with Crippen molar-refractivity contribution in [1.82, 2.24) is 4.57 Å². The minimum Gasteiger partial charge on any atom is -0.346 e. The highest BCUT2D eigenvalue weighted by Gasteiger charge is 2.68. The number of hydrogen-bond acceptors (Lipinski definition) is 1. The van der Waals surface area contributed by atoms with Crippen molar-refractivity contribution in [2.75, 3.05) is 0 Å². The molecule has 1 heterocycles. The molecule has 2 aliphatic carbocycles. The van der Waals surface area contributed by atoms with Crippen molar-refractivity contribution < 1.29 is 4.39 Å². The summed E-state index contributed by atoms with van der Waals surface area (Å²) in [5.41, 5.74) is 4.85. The van der Waals surface area contributed by atoms with Crippen molar-refractivity contribution in [3.63, 3.8) is 0 Å². The Labute approximate surface area is 186 Å². The van der Waals surface area contributed by atoms with Gasteiger partial charge in [-0.25, -0.2) is 4.39 Å². The Bertz CT molecular complexity index is 954. The summed E-state index contributed by atoms with van der Waals surface area (Å²) in [4.78, 5) is 1.31. The highest BCUT2D eigenvalue weighted by Crippen LogP contribution is 2.75. The first kappa shape index (κ1) is 21.7. The number of thioether (sulfide) groups is 1. The summed E-state index contributed by atoms with van der Waals surface area (Å²) in [6.45, 7) is 16.3. The molecule has 0 aliphatic heterocycles. The third-order valence-electron chi connectivity index (χ3n) is 8.15. The molecule has 0 saturated heterocycles. The number of aromatic nitrogens is 1. The molecule has 1 nitrogen and oxygen atoms in total. The average Bonchev–Trinajstić information content (AvgIpc) is 2.96. The summed E-state index contributed by atoms with van der Waals surface area (Å²) in [5, 5.41) is 0.584. The molecule has 3 heteroatoms. The summed E-state index contributed by atoms with van der Waals surface area (Å²) < 4.78 is 17.3. The molecular weight excluding hydrogens is 389 g/mol. The molecule has 2 aliphatic rings. The number of halogens is 1. The Morgan fingerprint density at radius 3 is 2.47 bits per heavy atom. The maximum atomic E-state index is 15.0. The molecule has 2 aromatic rings. The van der Waals surface area contributed by atoms with E-state index in [0.717, 1.165) is 23.7 Å². The fraction of sp³-hybridized carbons (Fsp3) is 0.556. The van der Waals surface area contributed by atoms with Crippen LogP contribution in [0.4, 0.5) is 4.39 Å². The maximum Gasteiger partial charge on any atom is 0.128 e. The fourth-order valence-corrected chi connectivity index (χ4v) is 7.02. The van der Waals surface area contributed by atoms with E-state index in [0.29, 0.717) is 28.4 Å². The van der Waals surface area contributed by atoms with Crippen LogP contribution in [0.2, 0.25) is 0 Å². The summed E-state index contributed by atoms with van der Waals surface area (Å²) in [6.07, 6.45) is 5.07. The number of allylic oxidation sites excluding steroid dienone is 1. The lowest BCUT2D eigenvalue weighted by molar-refractivity contribution is 0.350. The molecule has 4 unspecified atom stereocenters. The zero-order chi connectivity index (χ0) is 21.8. The van der Waals surface area contributed by atoms with Crippen LogP contribution >= 0.6 is 11.8 Å². The quantitative estimate of drug-likeness (QED) is 0.424. The van der Waals surface area contributed by atoms with Gasteiger partial charge in [-0.2, -0.15) is 0 Å². The Kier molecular flexibility index (Phi) is 5.72. The minimum absolute atomic E-state index is 0.0699. The standard InChI is InChI=1S/C27H36FNS/c1-8-24(28)25-19(6)29(14-20-9-11-21(12-10-20)30-16(2)3)15-23(25)22-13-17(4)27(7)18(5)26(22)27/h8-12,15-18,22,26H,13-14H2,1-7H3/b24-8+/t17?,18?,22-,26?,27?/m0/s1. The average molecular weight is 426 g/mol. The van der Waals surface area contributed by atoms with Gasteiger partial charge in [0.15, 0.2) is 0 Å². The Balaban J connectivity index is 1.66. The van der Waals surface area contributed by atoms with Crippen LogP contribution in [-0.4, -0.2) is 9.82 Å². The first-order valence-electron chi connectivity index (χ1n) is 11.5. The molecule has 0 N–H and O–H groups in total. The van der Waals surface area contributed by atoms with Crippen LogP contribution in [0.25, 0.3) is 5.83 Å². The van der Waals surface area contributed by atoms with Gasteiger partial charge in [-0.3, -0.25) is 0 Å². The van der Waals surface area contributed by atoms with Crippen molar-refractivity contribution in [2.24, 2.45) is 23.2 Å². The Morgan fingerprint density at radius 1 is 1.27 bits per heavy atom. The van der Waals surface area contributed by atoms with E-state index in [-0.39, 0.29) is 5.83 Å². The van der Waals surface area contributed by atoms with Gasteiger partial charge in [0.25, 0.3) is 0 Å². The van der Waals surface area contributed by atoms with Gasteiger partial charge in [-0.15, -0.1) is 11.8 Å². The predicted molar refractivity (Wildman–Crippen MR) is 128 cm³/mol. The molecule has 0 bridgehead atoms. The molecule has 5 atom stereocenters. The molecule has 4 rings (SSSR count). The van der Waals surface area contributed by atoms with E-state index >= 15 is 4.39 Å². The lowest BCUT2D eigenvalue weighted by atomic mass is 9.86. The van der Waals surface area contributed by atoms with Crippen molar-refractivity contribution in [3.05, 3.63) is 58.9 Å². The van der Waals surface area contributed by atoms with Gasteiger partial charge in [0, 0.05) is 34.1 Å². The number of rotatable bonds is 6. The minimum atomic E-state index is -0.0699. The van der Waals surface area contributed by atoms with E-state index in [1.165, 1.54) is 22.4 Å². The van der Waals surface area contributed by atoms with Crippen molar-refractivity contribution >= 4 is 17.6 Å². The second-order valence-corrected chi connectivity index (χ2v) is 11.7. The zero-order valence-corrected chi connectivity index (χ0v) is 20.3. The maximum absolute atomic E-state index is 15.0. The van der Waals surface area contributed by atoms with Crippen LogP contribution in [0, 0.1) is 30.1 Å². The van der Waals surface area contributed by atoms with Gasteiger partial charge >= 0.3 is 0 Å².